The van der Waals surface area contributed by atoms with E-state index in [4.69, 9.17) is 9.15 Å². The van der Waals surface area contributed by atoms with E-state index in [1.54, 1.807) is 43.3 Å². The first-order chi connectivity index (χ1) is 17.8. The van der Waals surface area contributed by atoms with E-state index in [0.29, 0.717) is 16.8 Å². The van der Waals surface area contributed by atoms with Crippen LogP contribution in [0.5, 0.6) is 0 Å². The van der Waals surface area contributed by atoms with Crippen molar-refractivity contribution < 1.29 is 28.6 Å². The minimum atomic E-state index is -0.989. The molecule has 1 N–H and O–H groups in total. The number of aromatic nitrogens is 1. The average Bonchev–Trinajstić information content (AvgIpc) is 3.57. The number of furan rings is 1. The first-order valence-electron chi connectivity index (χ1n) is 11.4. The van der Waals surface area contributed by atoms with E-state index >= 15 is 0 Å². The van der Waals surface area contributed by atoms with Crippen LogP contribution >= 0.6 is 11.3 Å². The van der Waals surface area contributed by atoms with Crippen molar-refractivity contribution in [3.8, 4) is 0 Å². The SMILES string of the molecule is C=CCOC(=O)c1sc(N2C(=O)C(O)=C(C(=O)c3cc4ccccc4o3)C2c2ccc(C)cc2)nc1C. The van der Waals surface area contributed by atoms with Gasteiger partial charge in [0.05, 0.1) is 17.3 Å². The number of benzene rings is 2. The molecule has 1 atom stereocenters. The van der Waals surface area contributed by atoms with Crippen molar-refractivity contribution in [1.29, 1.82) is 0 Å². The van der Waals surface area contributed by atoms with Gasteiger partial charge < -0.3 is 14.3 Å². The van der Waals surface area contributed by atoms with Crippen LogP contribution in [-0.4, -0.2) is 34.4 Å². The van der Waals surface area contributed by atoms with Crippen LogP contribution < -0.4 is 4.90 Å². The fourth-order valence-electron chi connectivity index (χ4n) is 4.20. The topological polar surface area (TPSA) is 110 Å². The molecule has 8 nitrogen and oxygen atoms in total. The molecule has 1 aliphatic heterocycles. The first kappa shape index (κ1) is 24.2. The van der Waals surface area contributed by atoms with Crippen LogP contribution in [0.3, 0.4) is 0 Å². The molecule has 1 unspecified atom stereocenters. The number of ketones is 1. The molecular weight excluding hydrogens is 492 g/mol. The Kier molecular flexibility index (Phi) is 6.22. The van der Waals surface area contributed by atoms with E-state index in [9.17, 15) is 19.5 Å². The number of Topliss-reactive ketones (excluding diaryl/α,β-unsaturated/α-hetero) is 1. The molecule has 0 bridgehead atoms. The van der Waals surface area contributed by atoms with E-state index < -0.39 is 29.5 Å². The second kappa shape index (κ2) is 9.51. The number of anilines is 1. The Morgan fingerprint density at radius 1 is 1.19 bits per heavy atom. The molecule has 2 aromatic heterocycles. The lowest BCUT2D eigenvalue weighted by Gasteiger charge is -2.24. The number of hydrogen-bond donors (Lipinski definition) is 1. The minimum Gasteiger partial charge on any atom is -0.503 e. The maximum absolute atomic E-state index is 13.7. The predicted molar refractivity (Wildman–Crippen MR) is 139 cm³/mol. The summed E-state index contributed by atoms with van der Waals surface area (Å²) in [5.41, 5.74) is 2.32. The number of esters is 1. The maximum Gasteiger partial charge on any atom is 0.350 e. The van der Waals surface area contributed by atoms with Crippen molar-refractivity contribution in [2.24, 2.45) is 0 Å². The van der Waals surface area contributed by atoms with E-state index in [1.807, 2.05) is 25.1 Å². The van der Waals surface area contributed by atoms with Crippen LogP contribution in [0, 0.1) is 13.8 Å². The fourth-order valence-corrected chi connectivity index (χ4v) is 5.19. The molecule has 0 aliphatic carbocycles. The number of ether oxygens (including phenoxy) is 1. The van der Waals surface area contributed by atoms with E-state index in [1.165, 1.54) is 11.0 Å². The summed E-state index contributed by atoms with van der Waals surface area (Å²) in [7, 11) is 0. The Bertz CT molecular complexity index is 1560. The highest BCUT2D eigenvalue weighted by molar-refractivity contribution is 7.17. The lowest BCUT2D eigenvalue weighted by Crippen LogP contribution is -2.31. The van der Waals surface area contributed by atoms with Gasteiger partial charge >= 0.3 is 5.97 Å². The summed E-state index contributed by atoms with van der Waals surface area (Å²) in [5.74, 6) is -2.72. The fraction of sp³-hybridized carbons (Fsp3) is 0.143. The summed E-state index contributed by atoms with van der Waals surface area (Å²) in [6.07, 6.45) is 1.45. The van der Waals surface area contributed by atoms with Gasteiger partial charge in [-0.25, -0.2) is 9.78 Å². The zero-order chi connectivity index (χ0) is 26.3. The molecule has 0 spiro atoms. The van der Waals surface area contributed by atoms with Gasteiger partial charge in [0.1, 0.15) is 17.1 Å². The second-order valence-corrected chi connectivity index (χ2v) is 9.50. The van der Waals surface area contributed by atoms with Crippen LogP contribution in [0.25, 0.3) is 11.0 Å². The molecule has 9 heteroatoms. The van der Waals surface area contributed by atoms with Crippen molar-refractivity contribution >= 4 is 45.1 Å². The highest BCUT2D eigenvalue weighted by atomic mass is 32.1. The van der Waals surface area contributed by atoms with Gasteiger partial charge in [-0.1, -0.05) is 72.0 Å². The molecule has 2 aromatic carbocycles. The number of hydrogen-bond acceptors (Lipinski definition) is 8. The third kappa shape index (κ3) is 4.23. The zero-order valence-electron chi connectivity index (χ0n) is 20.1. The van der Waals surface area contributed by atoms with E-state index in [0.717, 1.165) is 22.3 Å². The lowest BCUT2D eigenvalue weighted by atomic mass is 9.94. The van der Waals surface area contributed by atoms with Crippen LogP contribution in [0.1, 0.15) is 43.1 Å². The van der Waals surface area contributed by atoms with E-state index in [-0.39, 0.29) is 27.9 Å². The van der Waals surface area contributed by atoms with Gasteiger partial charge in [0.15, 0.2) is 16.7 Å². The maximum atomic E-state index is 13.7. The van der Waals surface area contributed by atoms with Gasteiger partial charge in [0, 0.05) is 5.39 Å². The first-order valence-corrected chi connectivity index (χ1v) is 12.2. The molecular formula is C28H22N2O6S. The highest BCUT2D eigenvalue weighted by Crippen LogP contribution is 2.44. The van der Waals surface area contributed by atoms with Crippen molar-refractivity contribution in [2.45, 2.75) is 19.9 Å². The summed E-state index contributed by atoms with van der Waals surface area (Å²) in [6, 6.07) is 15.0. The largest absolute Gasteiger partial charge is 0.503 e. The molecule has 0 saturated carbocycles. The molecule has 0 saturated heterocycles. The Hall–Kier alpha value is -4.50. The molecule has 186 valence electrons. The number of carbonyl (C=O) groups is 3. The number of aliphatic hydroxyl groups is 1. The summed E-state index contributed by atoms with van der Waals surface area (Å²) < 4.78 is 10.9. The number of thiazole rings is 1. The quantitative estimate of drug-likeness (QED) is 0.193. The number of carbonyl (C=O) groups excluding carboxylic acids is 3. The second-order valence-electron chi connectivity index (χ2n) is 8.53. The molecule has 37 heavy (non-hydrogen) atoms. The summed E-state index contributed by atoms with van der Waals surface area (Å²) in [5, 5.41) is 11.9. The van der Waals surface area contributed by atoms with Crippen LogP contribution in [0.4, 0.5) is 5.13 Å². The Labute approximate surface area is 216 Å². The summed E-state index contributed by atoms with van der Waals surface area (Å²) in [6.45, 7) is 7.10. The number of amides is 1. The van der Waals surface area contributed by atoms with Gasteiger partial charge in [-0.05, 0) is 31.5 Å². The average molecular weight is 515 g/mol. The van der Waals surface area contributed by atoms with Gasteiger partial charge in [-0.3, -0.25) is 14.5 Å². The lowest BCUT2D eigenvalue weighted by molar-refractivity contribution is -0.117. The molecule has 1 amide bonds. The van der Waals surface area contributed by atoms with Crippen molar-refractivity contribution in [2.75, 3.05) is 11.5 Å². The summed E-state index contributed by atoms with van der Waals surface area (Å²) in [4.78, 5) is 45.5. The minimum absolute atomic E-state index is 0.00137. The van der Waals surface area contributed by atoms with Crippen molar-refractivity contribution in [1.82, 2.24) is 4.98 Å². The number of aliphatic hydroxyl groups excluding tert-OH is 1. The Morgan fingerprint density at radius 3 is 2.62 bits per heavy atom. The predicted octanol–water partition coefficient (Wildman–Crippen LogP) is 5.63. The number of para-hydroxylation sites is 1. The summed E-state index contributed by atoms with van der Waals surface area (Å²) >= 11 is 0.949. The Balaban J connectivity index is 1.61. The van der Waals surface area contributed by atoms with Gasteiger partial charge in [0.2, 0.25) is 5.78 Å². The highest BCUT2D eigenvalue weighted by Gasteiger charge is 2.47. The molecule has 0 radical (unpaired) electrons. The smallest absolute Gasteiger partial charge is 0.350 e. The Morgan fingerprint density at radius 2 is 1.92 bits per heavy atom. The number of aryl methyl sites for hydroxylation is 2. The van der Waals surface area contributed by atoms with Gasteiger partial charge in [-0.2, -0.15) is 0 Å². The van der Waals surface area contributed by atoms with Gasteiger partial charge in [0.25, 0.3) is 5.91 Å². The normalized spacial score (nSPS) is 15.5. The third-order valence-corrected chi connectivity index (χ3v) is 7.14. The van der Waals surface area contributed by atoms with Crippen LogP contribution in [0.15, 0.2) is 83.0 Å². The molecule has 5 rings (SSSR count). The van der Waals surface area contributed by atoms with Crippen LogP contribution in [0.2, 0.25) is 0 Å². The number of nitrogens with zero attached hydrogens (tertiary/aromatic N) is 2. The van der Waals surface area contributed by atoms with Crippen LogP contribution in [-0.2, 0) is 9.53 Å². The molecule has 1 aliphatic rings. The zero-order valence-corrected chi connectivity index (χ0v) is 20.9. The molecule has 3 heterocycles. The van der Waals surface area contributed by atoms with Crippen molar-refractivity contribution in [3.05, 3.63) is 106 Å². The number of rotatable bonds is 7. The van der Waals surface area contributed by atoms with Gasteiger partial charge in [-0.15, -0.1) is 0 Å². The van der Waals surface area contributed by atoms with E-state index in [2.05, 4.69) is 11.6 Å². The monoisotopic (exact) mass is 514 g/mol. The molecule has 4 aromatic rings. The third-order valence-electron chi connectivity index (χ3n) is 6.00. The standard InChI is InChI=1S/C28H22N2O6S/c1-4-13-35-27(34)25-16(3)29-28(37-25)30-22(17-11-9-15(2)10-12-17)21(24(32)26(30)33)23(31)20-14-18-7-5-6-8-19(18)36-20/h4-12,14,22,32H,1,13H2,2-3H3. The number of fused-ring (bicyclic) bond motifs is 1. The van der Waals surface area contributed by atoms with Crippen molar-refractivity contribution in [3.63, 3.8) is 0 Å². The molecule has 0 fully saturated rings.